The summed E-state index contributed by atoms with van der Waals surface area (Å²) in [6.45, 7) is 2.02. The van der Waals surface area contributed by atoms with Gasteiger partial charge in [-0.3, -0.25) is 0 Å². The van der Waals surface area contributed by atoms with Crippen LogP contribution >= 0.6 is 23.4 Å². The standard InChI is InChI=1S/C22H20ClNO2S2/c1-17-7-9-18(10-8-17)15-22(27-16-19-5-3-2-4-6-19)24-28(25,26)21-13-11-20(23)12-14-21/h2-14H,15-16H2,1H3. The Morgan fingerprint density at radius 1 is 0.893 bits per heavy atom. The number of halogens is 1. The maximum absolute atomic E-state index is 12.8. The fourth-order valence-corrected chi connectivity index (χ4v) is 4.87. The second-order valence-corrected chi connectivity index (χ2v) is 9.44. The maximum Gasteiger partial charge on any atom is 0.283 e. The molecule has 0 bridgehead atoms. The first-order chi connectivity index (χ1) is 13.4. The lowest BCUT2D eigenvalue weighted by Gasteiger charge is -2.08. The van der Waals surface area contributed by atoms with Crippen molar-refractivity contribution in [3.05, 3.63) is 101 Å². The van der Waals surface area contributed by atoms with E-state index in [2.05, 4.69) is 4.40 Å². The molecule has 0 saturated heterocycles. The smallest absolute Gasteiger partial charge is 0.199 e. The van der Waals surface area contributed by atoms with Crippen molar-refractivity contribution in [2.45, 2.75) is 24.0 Å². The number of rotatable bonds is 6. The monoisotopic (exact) mass is 429 g/mol. The topological polar surface area (TPSA) is 46.5 Å². The first kappa shape index (κ1) is 20.6. The number of aryl methyl sites for hydroxylation is 1. The Morgan fingerprint density at radius 3 is 2.18 bits per heavy atom. The molecule has 144 valence electrons. The lowest BCUT2D eigenvalue weighted by atomic mass is 10.1. The van der Waals surface area contributed by atoms with Gasteiger partial charge in [-0.05, 0) is 42.3 Å². The molecule has 0 saturated carbocycles. The van der Waals surface area contributed by atoms with Gasteiger partial charge in [0.1, 0.15) is 0 Å². The van der Waals surface area contributed by atoms with Crippen LogP contribution in [0.3, 0.4) is 0 Å². The quantitative estimate of drug-likeness (QED) is 0.361. The summed E-state index contributed by atoms with van der Waals surface area (Å²) in [4.78, 5) is 0.138. The number of thioether (sulfide) groups is 1. The summed E-state index contributed by atoms with van der Waals surface area (Å²) in [5, 5.41) is 1.05. The molecular formula is C22H20ClNO2S2. The van der Waals surface area contributed by atoms with Crippen molar-refractivity contribution in [1.82, 2.24) is 0 Å². The van der Waals surface area contributed by atoms with Crippen molar-refractivity contribution in [3.63, 3.8) is 0 Å². The lowest BCUT2D eigenvalue weighted by molar-refractivity contribution is 0.598. The average molecular weight is 430 g/mol. The number of nitrogens with zero attached hydrogens (tertiary/aromatic N) is 1. The average Bonchev–Trinajstić information content (AvgIpc) is 2.69. The Hall–Kier alpha value is -2.08. The van der Waals surface area contributed by atoms with Crippen molar-refractivity contribution in [2.24, 2.45) is 4.40 Å². The van der Waals surface area contributed by atoms with Crippen LogP contribution in [-0.4, -0.2) is 13.5 Å². The second kappa shape index (κ2) is 9.41. The normalized spacial score (nSPS) is 12.1. The molecule has 0 unspecified atom stereocenters. The van der Waals surface area contributed by atoms with Crippen LogP contribution in [-0.2, 0) is 22.2 Å². The number of sulfonamides is 1. The number of benzene rings is 3. The molecular weight excluding hydrogens is 410 g/mol. The first-order valence-corrected chi connectivity index (χ1v) is 11.5. The van der Waals surface area contributed by atoms with Gasteiger partial charge in [0.05, 0.1) is 9.94 Å². The van der Waals surface area contributed by atoms with Crippen LogP contribution < -0.4 is 0 Å². The lowest BCUT2D eigenvalue weighted by Crippen LogP contribution is -2.06. The minimum atomic E-state index is -3.80. The predicted molar refractivity (Wildman–Crippen MR) is 119 cm³/mol. The Bertz CT molecular complexity index is 1050. The summed E-state index contributed by atoms with van der Waals surface area (Å²) >= 11 is 7.31. The van der Waals surface area contributed by atoms with E-state index in [0.717, 1.165) is 16.7 Å². The van der Waals surface area contributed by atoms with Crippen LogP contribution in [0.1, 0.15) is 16.7 Å². The molecule has 0 N–H and O–H groups in total. The minimum absolute atomic E-state index is 0.138. The van der Waals surface area contributed by atoms with Crippen molar-refractivity contribution < 1.29 is 8.42 Å². The van der Waals surface area contributed by atoms with Crippen LogP contribution in [0.25, 0.3) is 0 Å². The molecule has 0 aliphatic heterocycles. The van der Waals surface area contributed by atoms with Gasteiger partial charge in [-0.2, -0.15) is 12.8 Å². The van der Waals surface area contributed by atoms with Crippen molar-refractivity contribution >= 4 is 38.4 Å². The Morgan fingerprint density at radius 2 is 1.54 bits per heavy atom. The maximum atomic E-state index is 12.8. The molecule has 3 rings (SSSR count). The number of hydrogen-bond acceptors (Lipinski definition) is 3. The molecule has 0 aromatic heterocycles. The van der Waals surface area contributed by atoms with Crippen molar-refractivity contribution in [2.75, 3.05) is 0 Å². The van der Waals surface area contributed by atoms with Crippen LogP contribution in [0.5, 0.6) is 0 Å². The zero-order chi connectivity index (χ0) is 20.0. The van der Waals surface area contributed by atoms with E-state index in [1.165, 1.54) is 23.9 Å². The molecule has 3 aromatic rings. The molecule has 0 fully saturated rings. The van der Waals surface area contributed by atoms with E-state index in [1.54, 1.807) is 12.1 Å². The Kier molecular flexibility index (Phi) is 6.94. The van der Waals surface area contributed by atoms with Gasteiger partial charge in [0.25, 0.3) is 10.0 Å². The number of hydrogen-bond donors (Lipinski definition) is 0. The van der Waals surface area contributed by atoms with Gasteiger partial charge in [0.15, 0.2) is 0 Å². The minimum Gasteiger partial charge on any atom is -0.199 e. The third-order valence-corrected chi connectivity index (χ3v) is 6.80. The Balaban J connectivity index is 1.88. The second-order valence-electron chi connectivity index (χ2n) is 6.35. The zero-order valence-corrected chi connectivity index (χ0v) is 17.8. The molecule has 0 heterocycles. The summed E-state index contributed by atoms with van der Waals surface area (Å²) in [6.07, 6.45) is 0.463. The summed E-state index contributed by atoms with van der Waals surface area (Å²) in [7, 11) is -3.80. The fraction of sp³-hybridized carbons (Fsp3) is 0.136. The molecule has 0 aliphatic carbocycles. The van der Waals surface area contributed by atoms with Gasteiger partial charge in [-0.1, -0.05) is 71.8 Å². The highest BCUT2D eigenvalue weighted by Crippen LogP contribution is 2.22. The highest BCUT2D eigenvalue weighted by Gasteiger charge is 2.15. The molecule has 0 atom stereocenters. The van der Waals surface area contributed by atoms with Crippen LogP contribution in [0.15, 0.2) is 88.2 Å². The zero-order valence-electron chi connectivity index (χ0n) is 15.4. The van der Waals surface area contributed by atoms with Crippen LogP contribution in [0.2, 0.25) is 5.02 Å². The van der Waals surface area contributed by atoms with Gasteiger partial charge in [-0.15, -0.1) is 11.8 Å². The van der Waals surface area contributed by atoms with E-state index in [-0.39, 0.29) is 4.90 Å². The Labute approximate surface area is 175 Å². The molecule has 3 aromatic carbocycles. The van der Waals surface area contributed by atoms with Crippen LogP contribution in [0.4, 0.5) is 0 Å². The van der Waals surface area contributed by atoms with E-state index in [0.29, 0.717) is 22.2 Å². The van der Waals surface area contributed by atoms with Gasteiger partial charge in [0, 0.05) is 17.2 Å². The van der Waals surface area contributed by atoms with Crippen molar-refractivity contribution in [3.8, 4) is 0 Å². The molecule has 0 radical (unpaired) electrons. The summed E-state index contributed by atoms with van der Waals surface area (Å²) in [5.74, 6) is 0.654. The summed E-state index contributed by atoms with van der Waals surface area (Å²) in [6, 6.07) is 24.0. The molecule has 0 spiro atoms. The first-order valence-electron chi connectivity index (χ1n) is 8.74. The summed E-state index contributed by atoms with van der Waals surface area (Å²) in [5.41, 5.74) is 3.30. The SMILES string of the molecule is Cc1ccc(CC(=NS(=O)(=O)c2ccc(Cl)cc2)SCc2ccccc2)cc1. The van der Waals surface area contributed by atoms with Gasteiger partial charge in [-0.25, -0.2) is 0 Å². The van der Waals surface area contributed by atoms with E-state index in [1.807, 2.05) is 61.5 Å². The molecule has 3 nitrogen and oxygen atoms in total. The van der Waals surface area contributed by atoms with E-state index in [4.69, 9.17) is 11.6 Å². The van der Waals surface area contributed by atoms with Gasteiger partial charge >= 0.3 is 0 Å². The van der Waals surface area contributed by atoms with Crippen LogP contribution in [0, 0.1) is 6.92 Å². The molecule has 28 heavy (non-hydrogen) atoms. The van der Waals surface area contributed by atoms with Crippen molar-refractivity contribution in [1.29, 1.82) is 0 Å². The fourth-order valence-electron chi connectivity index (χ4n) is 2.52. The van der Waals surface area contributed by atoms with E-state index < -0.39 is 10.0 Å². The summed E-state index contributed by atoms with van der Waals surface area (Å²) < 4.78 is 29.7. The molecule has 6 heteroatoms. The molecule has 0 amide bonds. The predicted octanol–water partition coefficient (Wildman–Crippen LogP) is 5.91. The van der Waals surface area contributed by atoms with E-state index in [9.17, 15) is 8.42 Å². The van der Waals surface area contributed by atoms with E-state index >= 15 is 0 Å². The van der Waals surface area contributed by atoms with Gasteiger partial charge < -0.3 is 0 Å². The molecule has 0 aliphatic rings. The largest absolute Gasteiger partial charge is 0.283 e. The third kappa shape index (κ3) is 5.96. The third-order valence-electron chi connectivity index (χ3n) is 4.06. The highest BCUT2D eigenvalue weighted by atomic mass is 35.5. The van der Waals surface area contributed by atoms with Gasteiger partial charge in [0.2, 0.25) is 0 Å². The highest BCUT2D eigenvalue weighted by molar-refractivity contribution is 8.13.